The molecule has 0 aromatic heterocycles. The third-order valence-electron chi connectivity index (χ3n) is 5.30. The first kappa shape index (κ1) is 19.1. The second-order valence-corrected chi connectivity index (χ2v) is 9.26. The number of esters is 1. The number of carbonyl (C=O) groups excluding carboxylic acids is 2. The summed E-state index contributed by atoms with van der Waals surface area (Å²) in [6, 6.07) is 5.55. The maximum Gasteiger partial charge on any atom is 0.341 e. The van der Waals surface area contributed by atoms with Gasteiger partial charge in [0.25, 0.3) is 0 Å². The third kappa shape index (κ3) is 2.75. The summed E-state index contributed by atoms with van der Waals surface area (Å²) in [5.74, 6) is -0.288. The van der Waals surface area contributed by atoms with Crippen molar-refractivity contribution >= 4 is 33.5 Å². The van der Waals surface area contributed by atoms with Crippen LogP contribution in [0.4, 0.5) is 5.69 Å². The molecule has 7 heteroatoms. The van der Waals surface area contributed by atoms with Crippen molar-refractivity contribution in [1.82, 2.24) is 0 Å². The molecule has 1 spiro atoms. The highest BCUT2D eigenvalue weighted by atomic mass is 79.9. The van der Waals surface area contributed by atoms with Gasteiger partial charge in [-0.2, -0.15) is 0 Å². The summed E-state index contributed by atoms with van der Waals surface area (Å²) in [6.07, 6.45) is 3.23. The molecule has 0 saturated heterocycles. The van der Waals surface area contributed by atoms with Gasteiger partial charge in [0.05, 0.1) is 0 Å². The van der Waals surface area contributed by atoms with E-state index in [0.717, 1.165) is 22.9 Å². The Morgan fingerprint density at radius 3 is 2.71 bits per heavy atom. The first-order chi connectivity index (χ1) is 13.1. The van der Waals surface area contributed by atoms with Crippen LogP contribution in [-0.4, -0.2) is 17.5 Å². The maximum atomic E-state index is 13.5. The highest BCUT2D eigenvalue weighted by molar-refractivity contribution is 9.10. The lowest BCUT2D eigenvalue weighted by Crippen LogP contribution is -2.47. The van der Waals surface area contributed by atoms with Gasteiger partial charge in [-0.1, -0.05) is 15.9 Å². The summed E-state index contributed by atoms with van der Waals surface area (Å²) in [6.45, 7) is 5.34. The molecule has 0 radical (unpaired) electrons. The molecule has 1 atom stereocenters. The van der Waals surface area contributed by atoms with Gasteiger partial charge in [0, 0.05) is 22.1 Å². The van der Waals surface area contributed by atoms with Crippen molar-refractivity contribution in [1.29, 1.82) is 0 Å². The van der Waals surface area contributed by atoms with Crippen LogP contribution in [0.5, 0.6) is 0 Å². The first-order valence-electron chi connectivity index (χ1n) is 9.40. The number of halogens is 1. The molecular weight excluding hydrogens is 424 g/mol. The molecule has 2 aliphatic heterocycles. The lowest BCUT2D eigenvalue weighted by Gasteiger charge is -2.40. The van der Waals surface area contributed by atoms with E-state index in [1.807, 2.05) is 18.2 Å². The molecule has 0 saturated carbocycles. The summed E-state index contributed by atoms with van der Waals surface area (Å²) in [4.78, 5) is 26.7. The molecular formula is C21H23BrN2O4. The van der Waals surface area contributed by atoms with Crippen LogP contribution in [0.15, 0.2) is 45.5 Å². The Morgan fingerprint density at radius 1 is 1.29 bits per heavy atom. The molecule has 2 heterocycles. The zero-order valence-corrected chi connectivity index (χ0v) is 17.7. The van der Waals surface area contributed by atoms with Gasteiger partial charge in [-0.15, -0.1) is 0 Å². The monoisotopic (exact) mass is 446 g/mol. The second kappa shape index (κ2) is 6.37. The molecule has 0 fully saturated rings. The van der Waals surface area contributed by atoms with Crippen molar-refractivity contribution < 1.29 is 19.1 Å². The van der Waals surface area contributed by atoms with Crippen LogP contribution in [0.1, 0.15) is 52.0 Å². The summed E-state index contributed by atoms with van der Waals surface area (Å²) in [7, 11) is 0. The zero-order chi connectivity index (χ0) is 20.3. The fourth-order valence-corrected chi connectivity index (χ4v) is 4.67. The molecule has 3 N–H and O–H groups in total. The Morgan fingerprint density at radius 2 is 2.00 bits per heavy atom. The number of nitrogens with one attached hydrogen (secondary N) is 1. The van der Waals surface area contributed by atoms with Gasteiger partial charge in [0.15, 0.2) is 0 Å². The minimum absolute atomic E-state index is 0.0575. The number of ether oxygens (including phenoxy) is 2. The fraction of sp³-hybridized carbons (Fsp3) is 0.429. The number of anilines is 1. The topological polar surface area (TPSA) is 90.7 Å². The molecule has 1 amide bonds. The van der Waals surface area contributed by atoms with Crippen molar-refractivity contribution in [2.45, 2.75) is 57.5 Å². The molecule has 1 unspecified atom stereocenters. The van der Waals surface area contributed by atoms with E-state index >= 15 is 0 Å². The van der Waals surface area contributed by atoms with Gasteiger partial charge >= 0.3 is 5.97 Å². The number of allylic oxidation sites excluding steroid dienone is 1. The summed E-state index contributed by atoms with van der Waals surface area (Å²) >= 11 is 3.49. The molecule has 0 bridgehead atoms. The largest absolute Gasteiger partial charge is 0.456 e. The Balaban J connectivity index is 2.00. The molecule has 4 rings (SSSR count). The van der Waals surface area contributed by atoms with Crippen LogP contribution >= 0.6 is 15.9 Å². The first-order valence-corrected chi connectivity index (χ1v) is 10.2. The van der Waals surface area contributed by atoms with Crippen LogP contribution in [0.2, 0.25) is 0 Å². The van der Waals surface area contributed by atoms with Gasteiger partial charge in [-0.3, -0.25) is 4.79 Å². The Kier molecular flexibility index (Phi) is 4.34. The summed E-state index contributed by atoms with van der Waals surface area (Å²) < 4.78 is 12.3. The van der Waals surface area contributed by atoms with Gasteiger partial charge in [-0.25, -0.2) is 4.79 Å². The molecule has 1 aromatic rings. The van der Waals surface area contributed by atoms with Gasteiger partial charge in [-0.05, 0) is 63.8 Å². The van der Waals surface area contributed by atoms with Gasteiger partial charge in [0.1, 0.15) is 22.3 Å². The minimum atomic E-state index is -1.32. The van der Waals surface area contributed by atoms with E-state index < -0.39 is 17.0 Å². The van der Waals surface area contributed by atoms with Crippen molar-refractivity contribution in [3.8, 4) is 0 Å². The SMILES string of the molecule is CC(C)(C)OC(=O)C1=C(N)OC2=C(CCCC2)C12C(=O)Nc1ccc(Br)cc12. The molecule has 148 valence electrons. The van der Waals surface area contributed by atoms with E-state index in [4.69, 9.17) is 15.2 Å². The normalized spacial score (nSPS) is 23.9. The lowest BCUT2D eigenvalue weighted by atomic mass is 9.65. The van der Waals surface area contributed by atoms with E-state index in [2.05, 4.69) is 21.2 Å². The number of hydrogen-bond donors (Lipinski definition) is 2. The number of hydrogen-bond acceptors (Lipinski definition) is 5. The molecule has 1 aromatic carbocycles. The predicted molar refractivity (Wildman–Crippen MR) is 108 cm³/mol. The highest BCUT2D eigenvalue weighted by Crippen LogP contribution is 2.55. The van der Waals surface area contributed by atoms with E-state index in [1.54, 1.807) is 20.8 Å². The number of nitrogens with two attached hydrogens (primary N) is 1. The highest BCUT2D eigenvalue weighted by Gasteiger charge is 2.59. The Hall–Kier alpha value is -2.28. The van der Waals surface area contributed by atoms with Crippen molar-refractivity contribution in [3.63, 3.8) is 0 Å². The smallest absolute Gasteiger partial charge is 0.341 e. The van der Waals surface area contributed by atoms with Gasteiger partial charge < -0.3 is 20.5 Å². The van der Waals surface area contributed by atoms with E-state index in [1.165, 1.54) is 0 Å². The Bertz CT molecular complexity index is 958. The Labute approximate surface area is 172 Å². The molecule has 1 aliphatic carbocycles. The number of benzene rings is 1. The quantitative estimate of drug-likeness (QED) is 0.635. The second-order valence-electron chi connectivity index (χ2n) is 8.35. The fourth-order valence-electron chi connectivity index (χ4n) is 4.31. The lowest BCUT2D eigenvalue weighted by molar-refractivity contribution is -0.151. The van der Waals surface area contributed by atoms with Crippen LogP contribution in [-0.2, 0) is 24.5 Å². The zero-order valence-electron chi connectivity index (χ0n) is 16.1. The van der Waals surface area contributed by atoms with E-state index in [-0.39, 0.29) is 17.4 Å². The van der Waals surface area contributed by atoms with Crippen molar-refractivity contribution in [2.24, 2.45) is 5.73 Å². The number of amides is 1. The van der Waals surface area contributed by atoms with Crippen molar-refractivity contribution in [3.05, 3.63) is 51.0 Å². The summed E-state index contributed by atoms with van der Waals surface area (Å²) in [5.41, 5.74) is 6.44. The van der Waals surface area contributed by atoms with Crippen molar-refractivity contribution in [2.75, 3.05) is 5.32 Å². The molecule has 6 nitrogen and oxygen atoms in total. The van der Waals surface area contributed by atoms with E-state index in [0.29, 0.717) is 29.9 Å². The third-order valence-corrected chi connectivity index (χ3v) is 5.80. The van der Waals surface area contributed by atoms with E-state index in [9.17, 15) is 9.59 Å². The predicted octanol–water partition coefficient (Wildman–Crippen LogP) is 4.01. The molecule has 3 aliphatic rings. The molecule has 28 heavy (non-hydrogen) atoms. The summed E-state index contributed by atoms with van der Waals surface area (Å²) in [5, 5.41) is 2.94. The number of rotatable bonds is 1. The maximum absolute atomic E-state index is 13.5. The average molecular weight is 447 g/mol. The standard InChI is InChI=1S/C21H23BrN2O4/c1-20(2,3)28-18(25)16-17(23)27-15-7-5-4-6-12(15)21(16)13-10-11(22)8-9-14(13)24-19(21)26/h8-10H,4-7,23H2,1-3H3,(H,24,26). The minimum Gasteiger partial charge on any atom is -0.456 e. The number of carbonyl (C=O) groups is 2. The van der Waals surface area contributed by atoms with Crippen LogP contribution in [0.3, 0.4) is 0 Å². The average Bonchev–Trinajstić information content (AvgIpc) is 2.86. The van der Waals surface area contributed by atoms with Gasteiger partial charge in [0.2, 0.25) is 11.8 Å². The van der Waals surface area contributed by atoms with Crippen LogP contribution in [0, 0.1) is 0 Å². The van der Waals surface area contributed by atoms with Crippen LogP contribution < -0.4 is 11.1 Å². The number of fused-ring (bicyclic) bond motifs is 3. The van der Waals surface area contributed by atoms with Crippen LogP contribution in [0.25, 0.3) is 0 Å².